The number of aliphatic hydroxyl groups is 1. The van der Waals surface area contributed by atoms with Gasteiger partial charge in [0.15, 0.2) is 12.2 Å². The minimum atomic E-state index is -5.19. The number of aliphatic carboxylic acids is 1. The number of rotatable bonds is 4. The number of esters is 1. The van der Waals surface area contributed by atoms with Gasteiger partial charge >= 0.3 is 12.1 Å². The average Bonchev–Trinajstić information content (AvgIpc) is 3.30. The molecule has 0 radical (unpaired) electrons. The van der Waals surface area contributed by atoms with Crippen molar-refractivity contribution in [2.75, 3.05) is 27.2 Å². The molecule has 1 aliphatic carbocycles. The predicted molar refractivity (Wildman–Crippen MR) is 101 cm³/mol. The molecule has 1 N–H and O–H groups in total. The highest BCUT2D eigenvalue weighted by atomic mass is 19.4. The summed E-state index contributed by atoms with van der Waals surface area (Å²) >= 11 is 0. The third-order valence-electron chi connectivity index (χ3n) is 5.13. The van der Waals surface area contributed by atoms with Gasteiger partial charge in [-0.25, -0.2) is 4.79 Å². The molecule has 9 heteroatoms. The highest BCUT2D eigenvalue weighted by molar-refractivity contribution is 5.80. The second-order valence-corrected chi connectivity index (χ2v) is 8.09. The second-order valence-electron chi connectivity index (χ2n) is 8.09. The molecule has 1 heterocycles. The first-order valence-electron chi connectivity index (χ1n) is 9.68. The van der Waals surface area contributed by atoms with Gasteiger partial charge in [-0.1, -0.05) is 30.3 Å². The Hall–Kier alpha value is -2.39. The van der Waals surface area contributed by atoms with Crippen LogP contribution in [0.3, 0.4) is 0 Å². The van der Waals surface area contributed by atoms with Crippen molar-refractivity contribution in [1.29, 1.82) is 0 Å². The number of alkyl halides is 3. The van der Waals surface area contributed by atoms with Crippen molar-refractivity contribution in [3.63, 3.8) is 0 Å². The summed E-state index contributed by atoms with van der Waals surface area (Å²) in [5, 5.41) is 19.3. The van der Waals surface area contributed by atoms with Gasteiger partial charge in [0.25, 0.3) is 0 Å². The van der Waals surface area contributed by atoms with Crippen LogP contribution in [-0.2, 0) is 14.3 Å². The molecule has 0 saturated carbocycles. The Bertz CT molecular complexity index is 804. The number of carboxylic acids is 1. The normalized spacial score (nSPS) is 21.3. The topological polar surface area (TPSA) is 86.7 Å². The molecule has 1 fully saturated rings. The molecule has 0 amide bonds. The Labute approximate surface area is 173 Å². The molecule has 1 aliphatic heterocycles. The smallest absolute Gasteiger partial charge is 0.430 e. The zero-order valence-electron chi connectivity index (χ0n) is 16.9. The summed E-state index contributed by atoms with van der Waals surface area (Å²) in [6, 6.07) is 7.63. The van der Waals surface area contributed by atoms with E-state index in [4.69, 9.17) is 14.6 Å². The maximum absolute atomic E-state index is 12.4. The van der Waals surface area contributed by atoms with E-state index in [2.05, 4.69) is 20.2 Å². The van der Waals surface area contributed by atoms with Crippen LogP contribution in [0.5, 0.6) is 0 Å². The van der Waals surface area contributed by atoms with Crippen LogP contribution in [0.15, 0.2) is 30.3 Å². The molecule has 1 unspecified atom stereocenters. The quantitative estimate of drug-likeness (QED) is 0.584. The molecule has 30 heavy (non-hydrogen) atoms. The lowest BCUT2D eigenvalue weighted by Gasteiger charge is -2.23. The van der Waals surface area contributed by atoms with Gasteiger partial charge in [-0.05, 0) is 36.0 Å². The molecule has 1 saturated heterocycles. The minimum absolute atomic E-state index is 0.0926. The van der Waals surface area contributed by atoms with Crippen LogP contribution < -0.4 is 5.11 Å². The van der Waals surface area contributed by atoms with Crippen LogP contribution in [0.25, 0.3) is 5.57 Å². The fraction of sp³-hybridized carbons (Fsp3) is 0.524. The summed E-state index contributed by atoms with van der Waals surface area (Å²) in [6.07, 6.45) is -0.216. The number of likely N-dealkylation sites (tertiary alicyclic amines) is 1. The molecule has 3 rings (SSSR count). The highest BCUT2D eigenvalue weighted by Gasteiger charge is 2.35. The van der Waals surface area contributed by atoms with Crippen molar-refractivity contribution in [3.05, 3.63) is 41.5 Å². The monoisotopic (exact) mass is 429 g/mol. The van der Waals surface area contributed by atoms with Gasteiger partial charge in [0.1, 0.15) is 12.5 Å². The highest BCUT2D eigenvalue weighted by Crippen LogP contribution is 2.33. The van der Waals surface area contributed by atoms with E-state index in [1.54, 1.807) is 0 Å². The standard InChI is InChI=1S/C19H26NO3.C2HF3O2/c1-20(2)12-11-15(13-20)23-19(22)18(21)17-10-6-5-9-16(17)14-7-3-4-8-14;3-2(4,5)1(6)7/h5-7,9-10,15,18,21H,3-4,8,11-13H2,1-2H3;(H,6,7)/q+1;/p-1/t15-,18?;/m0./s1. The molecule has 0 aromatic heterocycles. The van der Waals surface area contributed by atoms with Gasteiger partial charge < -0.3 is 24.2 Å². The Morgan fingerprint density at radius 3 is 2.40 bits per heavy atom. The van der Waals surface area contributed by atoms with E-state index in [9.17, 15) is 23.1 Å². The van der Waals surface area contributed by atoms with Crippen molar-refractivity contribution in [1.82, 2.24) is 0 Å². The van der Waals surface area contributed by atoms with E-state index in [-0.39, 0.29) is 6.10 Å². The maximum Gasteiger partial charge on any atom is 0.430 e. The molecular weight excluding hydrogens is 403 g/mol. The van der Waals surface area contributed by atoms with Crippen molar-refractivity contribution in [2.24, 2.45) is 0 Å². The summed E-state index contributed by atoms with van der Waals surface area (Å²) in [4.78, 5) is 21.2. The first-order valence-corrected chi connectivity index (χ1v) is 9.68. The molecule has 2 aliphatic rings. The van der Waals surface area contributed by atoms with E-state index in [1.165, 1.54) is 5.57 Å². The van der Waals surface area contributed by atoms with Crippen LogP contribution in [-0.4, -0.2) is 61.0 Å². The van der Waals surface area contributed by atoms with Gasteiger partial charge in [0.05, 0.1) is 20.6 Å². The number of allylic oxidation sites excluding steroid dienone is 2. The van der Waals surface area contributed by atoms with Crippen molar-refractivity contribution in [3.8, 4) is 0 Å². The van der Waals surface area contributed by atoms with E-state index in [0.717, 1.165) is 48.8 Å². The first-order chi connectivity index (χ1) is 13.9. The fourth-order valence-corrected chi connectivity index (χ4v) is 3.62. The van der Waals surface area contributed by atoms with Gasteiger partial charge in [0, 0.05) is 6.42 Å². The van der Waals surface area contributed by atoms with Crippen molar-refractivity contribution in [2.45, 2.75) is 44.1 Å². The van der Waals surface area contributed by atoms with E-state index in [0.29, 0.717) is 5.56 Å². The van der Waals surface area contributed by atoms with E-state index >= 15 is 0 Å². The number of ether oxygens (including phenoxy) is 1. The molecule has 0 spiro atoms. The number of likely N-dealkylation sites (N-methyl/N-ethyl adjacent to an activating group) is 1. The first kappa shape index (κ1) is 23.9. The average molecular weight is 429 g/mol. The Morgan fingerprint density at radius 1 is 1.27 bits per heavy atom. The largest absolute Gasteiger partial charge is 0.542 e. The van der Waals surface area contributed by atoms with Gasteiger partial charge in [-0.2, -0.15) is 13.2 Å². The van der Waals surface area contributed by atoms with Crippen molar-refractivity contribution < 1.29 is 42.2 Å². The Kier molecular flexibility index (Phi) is 7.65. The molecule has 0 bridgehead atoms. The van der Waals surface area contributed by atoms with E-state index < -0.39 is 24.2 Å². The lowest BCUT2D eigenvalue weighted by molar-refractivity contribution is -0.879. The minimum Gasteiger partial charge on any atom is -0.542 e. The number of nitrogens with zero attached hydrogens (tertiary/aromatic N) is 1. The Morgan fingerprint density at radius 2 is 1.90 bits per heavy atom. The number of hydrogen-bond donors (Lipinski definition) is 1. The summed E-state index contributed by atoms with van der Waals surface area (Å²) in [7, 11) is 4.26. The van der Waals surface area contributed by atoms with Crippen LogP contribution in [0.2, 0.25) is 0 Å². The Balaban J connectivity index is 0.000000396. The van der Waals surface area contributed by atoms with Gasteiger partial charge in [-0.3, -0.25) is 0 Å². The summed E-state index contributed by atoms with van der Waals surface area (Å²) in [6.45, 7) is 1.81. The number of halogens is 3. The molecular formula is C21H26F3NO5. The number of aliphatic hydroxyl groups excluding tert-OH is 1. The van der Waals surface area contributed by atoms with Crippen LogP contribution in [0, 0.1) is 0 Å². The molecule has 6 nitrogen and oxygen atoms in total. The van der Waals surface area contributed by atoms with Gasteiger partial charge in [-0.15, -0.1) is 0 Å². The van der Waals surface area contributed by atoms with Gasteiger partial charge in [0.2, 0.25) is 0 Å². The third-order valence-corrected chi connectivity index (χ3v) is 5.13. The summed E-state index contributed by atoms with van der Waals surface area (Å²) in [5.74, 6) is -3.53. The molecule has 1 aromatic carbocycles. The number of carbonyl (C=O) groups excluding carboxylic acids is 2. The van der Waals surface area contributed by atoms with Crippen molar-refractivity contribution >= 4 is 17.5 Å². The SMILES string of the molecule is C[N+]1(C)CC[C@H](OC(=O)C(O)c2ccccc2C2=CCCC2)C1.O=C([O-])C(F)(F)F. The molecule has 1 aromatic rings. The number of benzene rings is 1. The second kappa shape index (κ2) is 9.61. The number of quaternary nitrogens is 1. The fourth-order valence-electron chi connectivity index (χ4n) is 3.62. The maximum atomic E-state index is 12.4. The molecule has 2 atom stereocenters. The number of hydrogen-bond acceptors (Lipinski definition) is 5. The van der Waals surface area contributed by atoms with Crippen LogP contribution in [0.4, 0.5) is 13.2 Å². The van der Waals surface area contributed by atoms with Crippen LogP contribution >= 0.6 is 0 Å². The lowest BCUT2D eigenvalue weighted by Crippen LogP contribution is -2.38. The zero-order chi connectivity index (χ0) is 22.5. The zero-order valence-corrected chi connectivity index (χ0v) is 16.9. The molecule has 166 valence electrons. The predicted octanol–water partition coefficient (Wildman–Crippen LogP) is 1.98. The third kappa shape index (κ3) is 6.56. The number of carboxylic acid groups (broad SMARTS) is 1. The van der Waals surface area contributed by atoms with E-state index in [1.807, 2.05) is 24.3 Å². The summed E-state index contributed by atoms with van der Waals surface area (Å²) in [5.41, 5.74) is 2.88. The number of carbonyl (C=O) groups is 2. The summed E-state index contributed by atoms with van der Waals surface area (Å²) < 4.78 is 38.0. The van der Waals surface area contributed by atoms with Crippen LogP contribution in [0.1, 0.15) is 42.9 Å². The lowest BCUT2D eigenvalue weighted by atomic mass is 9.95.